The molecule has 0 spiro atoms. The van der Waals surface area contributed by atoms with Gasteiger partial charge in [-0.2, -0.15) is 5.10 Å². The summed E-state index contributed by atoms with van der Waals surface area (Å²) < 4.78 is 1.73. The molecular weight excluding hydrogens is 234 g/mol. The van der Waals surface area contributed by atoms with Crippen LogP contribution >= 0.6 is 11.6 Å². The van der Waals surface area contributed by atoms with Crippen LogP contribution in [0.1, 0.15) is 28.4 Å². The van der Waals surface area contributed by atoms with Crippen LogP contribution in [-0.4, -0.2) is 9.78 Å². The first kappa shape index (κ1) is 12.1. The summed E-state index contributed by atoms with van der Waals surface area (Å²) in [5.41, 5.74) is 10.6. The third-order valence-electron chi connectivity index (χ3n) is 3.00. The number of benzene rings is 1. The number of halogens is 1. The van der Waals surface area contributed by atoms with Gasteiger partial charge in [0.2, 0.25) is 0 Å². The van der Waals surface area contributed by atoms with E-state index in [9.17, 15) is 0 Å². The normalized spacial score (nSPS) is 12.8. The topological polar surface area (TPSA) is 43.8 Å². The van der Waals surface area contributed by atoms with Gasteiger partial charge in [-0.15, -0.1) is 0 Å². The van der Waals surface area contributed by atoms with Crippen LogP contribution in [0.25, 0.3) is 0 Å². The van der Waals surface area contributed by atoms with E-state index in [4.69, 9.17) is 17.3 Å². The molecule has 0 aliphatic heterocycles. The molecule has 3 nitrogen and oxygen atoms in total. The zero-order valence-corrected chi connectivity index (χ0v) is 11.0. The van der Waals surface area contributed by atoms with Crippen molar-refractivity contribution in [3.8, 4) is 0 Å². The summed E-state index contributed by atoms with van der Waals surface area (Å²) in [6.45, 7) is 4.11. The Hall–Kier alpha value is -1.32. The van der Waals surface area contributed by atoms with Gasteiger partial charge in [-0.3, -0.25) is 4.68 Å². The van der Waals surface area contributed by atoms with Gasteiger partial charge in [0.1, 0.15) is 0 Å². The molecule has 17 heavy (non-hydrogen) atoms. The highest BCUT2D eigenvalue weighted by Crippen LogP contribution is 2.28. The van der Waals surface area contributed by atoms with Crippen LogP contribution in [0, 0.1) is 13.8 Å². The Kier molecular flexibility index (Phi) is 3.22. The number of rotatable bonds is 2. The molecule has 1 atom stereocenters. The molecular formula is C13H16ClN3. The Morgan fingerprint density at radius 1 is 1.35 bits per heavy atom. The fraction of sp³-hybridized carbons (Fsp3) is 0.308. The monoisotopic (exact) mass is 249 g/mol. The molecule has 0 aliphatic rings. The van der Waals surface area contributed by atoms with Gasteiger partial charge in [0.15, 0.2) is 0 Å². The molecule has 1 heterocycles. The van der Waals surface area contributed by atoms with Gasteiger partial charge in [0.05, 0.1) is 23.0 Å². The van der Waals surface area contributed by atoms with Crippen LogP contribution in [0.2, 0.25) is 5.02 Å². The second kappa shape index (κ2) is 4.51. The van der Waals surface area contributed by atoms with Gasteiger partial charge >= 0.3 is 0 Å². The minimum Gasteiger partial charge on any atom is -0.319 e. The molecule has 1 aromatic carbocycles. The number of aryl methyl sites for hydroxylation is 3. The summed E-state index contributed by atoms with van der Waals surface area (Å²) in [5, 5.41) is 4.73. The van der Waals surface area contributed by atoms with Crippen molar-refractivity contribution < 1.29 is 0 Å². The summed E-state index contributed by atoms with van der Waals surface area (Å²) in [6, 6.07) is 6.02. The average Bonchev–Trinajstić information content (AvgIpc) is 2.61. The number of hydrogen-bond acceptors (Lipinski definition) is 2. The van der Waals surface area contributed by atoms with E-state index in [1.54, 1.807) is 10.9 Å². The van der Waals surface area contributed by atoms with Crippen molar-refractivity contribution in [2.24, 2.45) is 12.8 Å². The smallest absolute Gasteiger partial charge is 0.0837 e. The Bertz CT molecular complexity index is 526. The van der Waals surface area contributed by atoms with E-state index >= 15 is 0 Å². The lowest BCUT2D eigenvalue weighted by Crippen LogP contribution is -2.17. The molecule has 2 rings (SSSR count). The third-order valence-corrected chi connectivity index (χ3v) is 3.29. The van der Waals surface area contributed by atoms with Crippen molar-refractivity contribution in [3.05, 3.63) is 51.8 Å². The molecule has 0 radical (unpaired) electrons. The zero-order chi connectivity index (χ0) is 12.6. The van der Waals surface area contributed by atoms with E-state index in [0.717, 1.165) is 11.3 Å². The lowest BCUT2D eigenvalue weighted by Gasteiger charge is -2.16. The fourth-order valence-corrected chi connectivity index (χ4v) is 2.30. The van der Waals surface area contributed by atoms with Crippen LogP contribution < -0.4 is 5.73 Å². The molecule has 90 valence electrons. The van der Waals surface area contributed by atoms with E-state index in [-0.39, 0.29) is 6.04 Å². The first-order chi connectivity index (χ1) is 8.00. The lowest BCUT2D eigenvalue weighted by atomic mass is 9.97. The zero-order valence-electron chi connectivity index (χ0n) is 10.2. The number of aromatic nitrogens is 2. The van der Waals surface area contributed by atoms with Crippen molar-refractivity contribution in [3.63, 3.8) is 0 Å². The van der Waals surface area contributed by atoms with E-state index < -0.39 is 0 Å². The highest BCUT2D eigenvalue weighted by Gasteiger charge is 2.18. The largest absolute Gasteiger partial charge is 0.319 e. The molecule has 1 aromatic heterocycles. The van der Waals surface area contributed by atoms with Crippen LogP contribution in [0.5, 0.6) is 0 Å². The highest BCUT2D eigenvalue weighted by atomic mass is 35.5. The SMILES string of the molecule is Cc1ccc(C)c(C(N)c2c(Cl)cnn2C)c1. The number of hydrogen-bond donors (Lipinski definition) is 1. The predicted molar refractivity (Wildman–Crippen MR) is 70.2 cm³/mol. The first-order valence-corrected chi connectivity index (χ1v) is 5.88. The number of nitrogens with zero attached hydrogens (tertiary/aromatic N) is 2. The number of nitrogens with two attached hydrogens (primary N) is 1. The molecule has 4 heteroatoms. The summed E-state index contributed by atoms with van der Waals surface area (Å²) in [4.78, 5) is 0. The Morgan fingerprint density at radius 3 is 2.65 bits per heavy atom. The molecule has 0 aliphatic carbocycles. The molecule has 0 fully saturated rings. The summed E-state index contributed by atoms with van der Waals surface area (Å²) >= 11 is 6.12. The van der Waals surface area contributed by atoms with Crippen molar-refractivity contribution in [2.75, 3.05) is 0 Å². The van der Waals surface area contributed by atoms with Gasteiger partial charge < -0.3 is 5.73 Å². The van der Waals surface area contributed by atoms with Crippen molar-refractivity contribution in [1.29, 1.82) is 0 Å². The minimum absolute atomic E-state index is 0.241. The molecule has 1 unspecified atom stereocenters. The van der Waals surface area contributed by atoms with Gasteiger partial charge in [-0.25, -0.2) is 0 Å². The van der Waals surface area contributed by atoms with Crippen molar-refractivity contribution >= 4 is 11.6 Å². The van der Waals surface area contributed by atoms with E-state index in [1.807, 2.05) is 7.05 Å². The first-order valence-electron chi connectivity index (χ1n) is 5.51. The maximum atomic E-state index is 6.29. The predicted octanol–water partition coefficient (Wildman–Crippen LogP) is 2.74. The van der Waals surface area contributed by atoms with Gasteiger partial charge in [0.25, 0.3) is 0 Å². The Morgan fingerprint density at radius 2 is 2.06 bits per heavy atom. The molecule has 0 bridgehead atoms. The van der Waals surface area contributed by atoms with E-state index in [0.29, 0.717) is 5.02 Å². The average molecular weight is 250 g/mol. The summed E-state index contributed by atoms with van der Waals surface area (Å²) in [7, 11) is 1.85. The van der Waals surface area contributed by atoms with Gasteiger partial charge in [-0.1, -0.05) is 35.4 Å². The van der Waals surface area contributed by atoms with Crippen LogP contribution in [0.3, 0.4) is 0 Å². The maximum Gasteiger partial charge on any atom is 0.0837 e. The molecule has 0 amide bonds. The molecule has 2 N–H and O–H groups in total. The quantitative estimate of drug-likeness (QED) is 0.890. The second-order valence-electron chi connectivity index (χ2n) is 4.34. The van der Waals surface area contributed by atoms with Gasteiger partial charge in [0, 0.05) is 7.05 Å². The van der Waals surface area contributed by atoms with Crippen LogP contribution in [-0.2, 0) is 7.05 Å². The minimum atomic E-state index is -0.241. The molecule has 2 aromatic rings. The van der Waals surface area contributed by atoms with E-state index in [2.05, 4.69) is 37.1 Å². The third kappa shape index (κ3) is 2.21. The second-order valence-corrected chi connectivity index (χ2v) is 4.75. The standard InChI is InChI=1S/C13H16ClN3/c1-8-4-5-9(2)10(6-8)12(15)13-11(14)7-16-17(13)3/h4-7,12H,15H2,1-3H3. The van der Waals surface area contributed by atoms with Gasteiger partial charge in [-0.05, 0) is 25.0 Å². The van der Waals surface area contributed by atoms with E-state index in [1.165, 1.54) is 11.1 Å². The highest BCUT2D eigenvalue weighted by molar-refractivity contribution is 6.31. The Balaban J connectivity index is 2.50. The molecule has 0 saturated carbocycles. The van der Waals surface area contributed by atoms with Crippen molar-refractivity contribution in [1.82, 2.24) is 9.78 Å². The maximum absolute atomic E-state index is 6.29. The van der Waals surface area contributed by atoms with Crippen LogP contribution in [0.4, 0.5) is 0 Å². The van der Waals surface area contributed by atoms with Crippen molar-refractivity contribution in [2.45, 2.75) is 19.9 Å². The lowest BCUT2D eigenvalue weighted by molar-refractivity contribution is 0.671. The summed E-state index contributed by atoms with van der Waals surface area (Å²) in [6.07, 6.45) is 1.63. The fourth-order valence-electron chi connectivity index (χ4n) is 2.01. The molecule has 0 saturated heterocycles. The summed E-state index contributed by atoms with van der Waals surface area (Å²) in [5.74, 6) is 0. The van der Waals surface area contributed by atoms with Crippen LogP contribution in [0.15, 0.2) is 24.4 Å². The Labute approximate surface area is 106 Å².